The van der Waals surface area contributed by atoms with E-state index in [4.69, 9.17) is 21.4 Å². The van der Waals surface area contributed by atoms with E-state index >= 15 is 0 Å². The lowest BCUT2D eigenvalue weighted by molar-refractivity contribution is 0.0194. The van der Waals surface area contributed by atoms with Gasteiger partial charge in [-0.25, -0.2) is 0 Å². The van der Waals surface area contributed by atoms with Crippen LogP contribution in [-0.2, 0) is 17.9 Å². The maximum absolute atomic E-state index is 12.9. The summed E-state index contributed by atoms with van der Waals surface area (Å²) in [6, 6.07) is 20.6. The molecule has 1 aliphatic rings. The summed E-state index contributed by atoms with van der Waals surface area (Å²) in [5.41, 5.74) is 4.62. The Morgan fingerprint density at radius 1 is 0.967 bits per heavy atom. The minimum absolute atomic E-state index is 0.00636. The third-order valence-electron chi connectivity index (χ3n) is 5.36. The molecule has 1 unspecified atom stereocenters. The number of ketones is 1. The van der Waals surface area contributed by atoms with E-state index in [0.717, 1.165) is 27.7 Å². The number of aliphatic hydroxyl groups is 1. The lowest BCUT2D eigenvalue weighted by Gasteiger charge is -2.14. The molecule has 0 fully saturated rings. The number of nitrogens with zero attached hydrogens (tertiary/aromatic N) is 2. The van der Waals surface area contributed by atoms with Gasteiger partial charge >= 0.3 is 0 Å². The molecule has 1 N–H and O–H groups in total. The Bertz CT molecular complexity index is 1260. The lowest BCUT2D eigenvalue weighted by Crippen LogP contribution is -2.22. The Kier molecular flexibility index (Phi) is 4.87. The van der Waals surface area contributed by atoms with Gasteiger partial charge in [-0.3, -0.25) is 9.48 Å². The van der Waals surface area contributed by atoms with Gasteiger partial charge in [0.1, 0.15) is 5.69 Å². The van der Waals surface area contributed by atoms with Gasteiger partial charge in [0.2, 0.25) is 0 Å². The molecule has 5 nitrogen and oxygen atoms in total. The van der Waals surface area contributed by atoms with Crippen LogP contribution in [0.1, 0.15) is 21.5 Å². The van der Waals surface area contributed by atoms with Crippen molar-refractivity contribution in [1.29, 1.82) is 0 Å². The van der Waals surface area contributed by atoms with Crippen molar-refractivity contribution < 1.29 is 14.6 Å². The quantitative estimate of drug-likeness (QED) is 0.441. The number of carbonyl (C=O) groups excluding carboxylic acids is 1. The molecular weight excluding hydrogens is 400 g/mol. The van der Waals surface area contributed by atoms with E-state index in [-0.39, 0.29) is 18.9 Å². The number of benzene rings is 3. The zero-order chi connectivity index (χ0) is 20.7. The second-order valence-corrected chi connectivity index (χ2v) is 7.77. The molecule has 4 aromatic rings. The molecule has 0 radical (unpaired) electrons. The predicted octanol–water partition coefficient (Wildman–Crippen LogP) is 4.48. The average Bonchev–Trinajstić information content (AvgIpc) is 3.12. The number of carbonyl (C=O) groups is 1. The topological polar surface area (TPSA) is 64.4 Å². The molecule has 5 rings (SSSR count). The minimum atomic E-state index is -0.751. The first kappa shape index (κ1) is 19.0. The highest BCUT2D eigenvalue weighted by molar-refractivity contribution is 6.31. The van der Waals surface area contributed by atoms with Gasteiger partial charge in [0.15, 0.2) is 5.78 Å². The van der Waals surface area contributed by atoms with Crippen LogP contribution in [-0.4, -0.2) is 33.4 Å². The molecule has 1 aromatic heterocycles. The highest BCUT2D eigenvalue weighted by atomic mass is 35.5. The van der Waals surface area contributed by atoms with E-state index < -0.39 is 6.10 Å². The van der Waals surface area contributed by atoms with Gasteiger partial charge in [-0.15, -0.1) is 0 Å². The molecular formula is C24H19ClN2O3. The van der Waals surface area contributed by atoms with Crippen molar-refractivity contribution in [2.45, 2.75) is 19.3 Å². The Morgan fingerprint density at radius 3 is 2.53 bits per heavy atom. The maximum atomic E-state index is 12.9. The van der Waals surface area contributed by atoms with Gasteiger partial charge < -0.3 is 9.84 Å². The summed E-state index contributed by atoms with van der Waals surface area (Å²) in [7, 11) is 0. The smallest absolute Gasteiger partial charge is 0.194 e. The Balaban J connectivity index is 1.39. The maximum Gasteiger partial charge on any atom is 0.194 e. The van der Waals surface area contributed by atoms with Gasteiger partial charge in [0, 0.05) is 27.1 Å². The van der Waals surface area contributed by atoms with Crippen LogP contribution in [0.5, 0.6) is 0 Å². The second kappa shape index (κ2) is 7.69. The summed E-state index contributed by atoms with van der Waals surface area (Å²) in [6.07, 6.45) is -0.751. The van der Waals surface area contributed by atoms with Crippen molar-refractivity contribution in [3.63, 3.8) is 0 Å². The fraction of sp³-hybridized carbons (Fsp3) is 0.167. The molecule has 1 atom stereocenters. The minimum Gasteiger partial charge on any atom is -0.389 e. The Labute approximate surface area is 178 Å². The number of aromatic nitrogens is 2. The number of rotatable bonds is 6. The highest BCUT2D eigenvalue weighted by Crippen LogP contribution is 2.38. The SMILES string of the molecule is O=C1c2ccccc2-c2nn(CC(O)COCc3ccccc3Cl)c3cccc1c23. The van der Waals surface area contributed by atoms with Crippen molar-refractivity contribution >= 4 is 28.3 Å². The molecule has 1 aliphatic carbocycles. The van der Waals surface area contributed by atoms with Crippen LogP contribution >= 0.6 is 11.6 Å². The second-order valence-electron chi connectivity index (χ2n) is 7.37. The first-order valence-electron chi connectivity index (χ1n) is 9.76. The predicted molar refractivity (Wildman–Crippen MR) is 116 cm³/mol. The van der Waals surface area contributed by atoms with Crippen molar-refractivity contribution in [1.82, 2.24) is 9.78 Å². The Hall–Kier alpha value is -2.99. The van der Waals surface area contributed by atoms with E-state index in [2.05, 4.69) is 0 Å². The first-order chi connectivity index (χ1) is 14.6. The molecule has 150 valence electrons. The number of hydrogen-bond donors (Lipinski definition) is 1. The van der Waals surface area contributed by atoms with Crippen LogP contribution in [0.25, 0.3) is 22.2 Å². The van der Waals surface area contributed by atoms with Gasteiger partial charge in [0.25, 0.3) is 0 Å². The van der Waals surface area contributed by atoms with Crippen LogP contribution < -0.4 is 0 Å². The molecule has 30 heavy (non-hydrogen) atoms. The van der Waals surface area contributed by atoms with Crippen LogP contribution in [0.2, 0.25) is 5.02 Å². The number of fused-ring (bicyclic) bond motifs is 2. The average molecular weight is 419 g/mol. The molecule has 6 heteroatoms. The zero-order valence-corrected chi connectivity index (χ0v) is 16.8. The van der Waals surface area contributed by atoms with E-state index in [1.807, 2.05) is 66.7 Å². The summed E-state index contributed by atoms with van der Waals surface area (Å²) in [5, 5.41) is 16.8. The molecule has 0 spiro atoms. The fourth-order valence-corrected chi connectivity index (χ4v) is 4.14. The third-order valence-corrected chi connectivity index (χ3v) is 5.73. The molecule has 0 amide bonds. The summed E-state index contributed by atoms with van der Waals surface area (Å²) < 4.78 is 7.42. The lowest BCUT2D eigenvalue weighted by atomic mass is 9.87. The van der Waals surface area contributed by atoms with Crippen LogP contribution in [0.4, 0.5) is 0 Å². The van der Waals surface area contributed by atoms with E-state index in [1.54, 1.807) is 4.68 Å². The first-order valence-corrected chi connectivity index (χ1v) is 10.1. The van der Waals surface area contributed by atoms with Crippen molar-refractivity contribution in [3.8, 4) is 11.3 Å². The molecule has 0 aliphatic heterocycles. The van der Waals surface area contributed by atoms with Crippen LogP contribution in [0.3, 0.4) is 0 Å². The van der Waals surface area contributed by atoms with Crippen LogP contribution in [0, 0.1) is 0 Å². The van der Waals surface area contributed by atoms with Gasteiger partial charge in [-0.1, -0.05) is 66.2 Å². The van der Waals surface area contributed by atoms with E-state index in [1.165, 1.54) is 0 Å². The standard InChI is InChI=1S/C24H19ClN2O3/c25-20-10-4-1-6-15(20)13-30-14-16(28)12-27-21-11-5-9-19-22(21)23(26-27)17-7-2-3-8-18(17)24(19)29/h1-11,16,28H,12-14H2. The fourth-order valence-electron chi connectivity index (χ4n) is 3.95. The molecule has 0 saturated carbocycles. The van der Waals surface area contributed by atoms with Crippen molar-refractivity contribution in [2.75, 3.05) is 6.61 Å². The number of aliphatic hydroxyl groups excluding tert-OH is 1. The largest absolute Gasteiger partial charge is 0.389 e. The third kappa shape index (κ3) is 3.21. The summed E-state index contributed by atoms with van der Waals surface area (Å²) in [5.74, 6) is 0.00636. The molecule has 3 aromatic carbocycles. The van der Waals surface area contributed by atoms with E-state index in [0.29, 0.717) is 22.8 Å². The normalized spacial score (nSPS) is 13.5. The Morgan fingerprint density at radius 2 is 1.70 bits per heavy atom. The van der Waals surface area contributed by atoms with E-state index in [9.17, 15) is 9.90 Å². The van der Waals surface area contributed by atoms with Crippen LogP contribution in [0.15, 0.2) is 66.7 Å². The summed E-state index contributed by atoms with van der Waals surface area (Å²) in [4.78, 5) is 12.9. The van der Waals surface area contributed by atoms with Crippen molar-refractivity contribution in [3.05, 3.63) is 88.4 Å². The number of halogens is 1. The number of hydrogen-bond acceptors (Lipinski definition) is 4. The monoisotopic (exact) mass is 418 g/mol. The number of ether oxygens (including phenoxy) is 1. The molecule has 1 heterocycles. The van der Waals surface area contributed by atoms with Gasteiger partial charge in [-0.2, -0.15) is 5.10 Å². The molecule has 0 bridgehead atoms. The highest BCUT2D eigenvalue weighted by Gasteiger charge is 2.28. The zero-order valence-electron chi connectivity index (χ0n) is 16.1. The summed E-state index contributed by atoms with van der Waals surface area (Å²) in [6.45, 7) is 0.740. The van der Waals surface area contributed by atoms with Crippen molar-refractivity contribution in [2.24, 2.45) is 0 Å². The van der Waals surface area contributed by atoms with Gasteiger partial charge in [0.05, 0.1) is 31.4 Å². The molecule has 0 saturated heterocycles. The summed E-state index contributed by atoms with van der Waals surface area (Å²) >= 11 is 6.14. The van der Waals surface area contributed by atoms with Gasteiger partial charge in [-0.05, 0) is 17.7 Å².